The summed E-state index contributed by atoms with van der Waals surface area (Å²) in [6.45, 7) is 3.32. The van der Waals surface area contributed by atoms with Gasteiger partial charge in [-0.15, -0.1) is 16.4 Å². The minimum Gasteiger partial charge on any atom is -0.450 e. The molecule has 1 amide bonds. The van der Waals surface area contributed by atoms with Gasteiger partial charge in [0.05, 0.1) is 12.2 Å². The topological polar surface area (TPSA) is 112 Å². The van der Waals surface area contributed by atoms with Crippen molar-refractivity contribution < 1.29 is 18.3 Å². The Hall–Kier alpha value is -3.93. The number of rotatable bonds is 4. The molecule has 35 heavy (non-hydrogen) atoms. The molecule has 1 aliphatic heterocycles. The summed E-state index contributed by atoms with van der Waals surface area (Å²) in [4.78, 5) is 20.3. The second-order valence-electron chi connectivity index (χ2n) is 7.89. The number of amides is 1. The summed E-state index contributed by atoms with van der Waals surface area (Å²) in [5.41, 5.74) is 8.35. The molecule has 12 heteroatoms. The number of tetrazole rings is 1. The second kappa shape index (κ2) is 9.37. The van der Waals surface area contributed by atoms with E-state index in [-0.39, 0.29) is 23.4 Å². The zero-order chi connectivity index (χ0) is 24.5. The van der Waals surface area contributed by atoms with E-state index in [4.69, 9.17) is 10.5 Å². The molecule has 0 spiro atoms. The number of aromatic nitrogens is 5. The predicted molar refractivity (Wildman–Crippen MR) is 126 cm³/mol. The first-order chi connectivity index (χ1) is 17.0. The largest absolute Gasteiger partial charge is 0.450 e. The van der Waals surface area contributed by atoms with E-state index in [0.29, 0.717) is 25.3 Å². The fraction of sp³-hybridized carbons (Fsp3) is 0.261. The number of carbonyl (C=O) groups excluding carboxylic acids is 1. The molecular formula is C23H21F2N7O2S. The van der Waals surface area contributed by atoms with E-state index in [0.717, 1.165) is 34.0 Å². The summed E-state index contributed by atoms with van der Waals surface area (Å²) < 4.78 is 34.4. The smallest absolute Gasteiger partial charge is 0.409 e. The first-order valence-corrected chi connectivity index (χ1v) is 11.8. The van der Waals surface area contributed by atoms with Crippen molar-refractivity contribution in [1.82, 2.24) is 30.1 Å². The van der Waals surface area contributed by atoms with E-state index in [9.17, 15) is 13.6 Å². The number of anilines is 1. The van der Waals surface area contributed by atoms with Crippen molar-refractivity contribution in [3.05, 3.63) is 58.6 Å². The predicted octanol–water partition coefficient (Wildman–Crippen LogP) is 3.87. The number of thiophene rings is 1. The molecule has 1 aliphatic rings. The van der Waals surface area contributed by atoms with Crippen LogP contribution in [0.1, 0.15) is 17.4 Å². The van der Waals surface area contributed by atoms with Gasteiger partial charge < -0.3 is 15.4 Å². The standard InChI is InChI=1S/C23H21F2N7O2S/c1-2-34-23(33)31-8-6-13-11-19(35-18(13)7-9-31)14-10-15(21(26)27-12-14)22-28-29-30-32(22)17-5-3-4-16(24)20(17)25/h3-5,10-12H,2,6-9H2,1H3,(H2,26,27). The number of nitrogens with zero attached hydrogens (tertiary/aromatic N) is 6. The van der Waals surface area contributed by atoms with Crippen LogP contribution < -0.4 is 5.73 Å². The third kappa shape index (κ3) is 4.32. The van der Waals surface area contributed by atoms with Crippen LogP contribution in [-0.2, 0) is 17.6 Å². The van der Waals surface area contributed by atoms with E-state index >= 15 is 0 Å². The number of nitrogen functional groups attached to an aromatic ring is 1. The van der Waals surface area contributed by atoms with Crippen molar-refractivity contribution in [3.63, 3.8) is 0 Å². The van der Waals surface area contributed by atoms with Crippen molar-refractivity contribution in [1.29, 1.82) is 0 Å². The number of nitrogens with two attached hydrogens (primary N) is 1. The Balaban J connectivity index is 1.46. The fourth-order valence-corrected chi connectivity index (χ4v) is 5.18. The molecule has 0 saturated heterocycles. The van der Waals surface area contributed by atoms with Crippen molar-refractivity contribution in [2.75, 3.05) is 25.4 Å². The van der Waals surface area contributed by atoms with E-state index in [1.165, 1.54) is 22.6 Å². The normalized spacial score (nSPS) is 13.4. The lowest BCUT2D eigenvalue weighted by molar-refractivity contribution is 0.109. The van der Waals surface area contributed by atoms with Gasteiger partial charge in [-0.25, -0.2) is 18.6 Å². The number of hydrogen-bond donors (Lipinski definition) is 1. The van der Waals surface area contributed by atoms with Crippen LogP contribution in [-0.4, -0.2) is 55.9 Å². The maximum absolute atomic E-state index is 14.4. The van der Waals surface area contributed by atoms with Gasteiger partial charge in [0.1, 0.15) is 11.5 Å². The Labute approximate surface area is 203 Å². The molecule has 0 aliphatic carbocycles. The van der Waals surface area contributed by atoms with Crippen molar-refractivity contribution in [2.45, 2.75) is 19.8 Å². The number of ether oxygens (including phenoxy) is 1. The molecule has 3 aromatic heterocycles. The second-order valence-corrected chi connectivity index (χ2v) is 9.03. The molecule has 0 radical (unpaired) electrons. The molecule has 5 rings (SSSR count). The highest BCUT2D eigenvalue weighted by molar-refractivity contribution is 7.15. The molecule has 1 aromatic carbocycles. The molecule has 4 heterocycles. The van der Waals surface area contributed by atoms with Gasteiger partial charge in [0.2, 0.25) is 0 Å². The van der Waals surface area contributed by atoms with Crippen LogP contribution in [0.2, 0.25) is 0 Å². The Morgan fingerprint density at radius 3 is 2.89 bits per heavy atom. The summed E-state index contributed by atoms with van der Waals surface area (Å²) in [5, 5.41) is 11.5. The fourth-order valence-electron chi connectivity index (χ4n) is 4.00. The van der Waals surface area contributed by atoms with Crippen molar-refractivity contribution in [2.24, 2.45) is 0 Å². The van der Waals surface area contributed by atoms with Gasteiger partial charge in [0.15, 0.2) is 17.5 Å². The van der Waals surface area contributed by atoms with Gasteiger partial charge in [0, 0.05) is 34.6 Å². The zero-order valence-electron chi connectivity index (χ0n) is 18.7. The Kier molecular flexibility index (Phi) is 6.12. The van der Waals surface area contributed by atoms with E-state index < -0.39 is 11.6 Å². The minimum atomic E-state index is -1.07. The highest BCUT2D eigenvalue weighted by Crippen LogP contribution is 2.36. The summed E-state index contributed by atoms with van der Waals surface area (Å²) in [5.74, 6) is -1.78. The Morgan fingerprint density at radius 2 is 2.06 bits per heavy atom. The number of fused-ring (bicyclic) bond motifs is 1. The zero-order valence-corrected chi connectivity index (χ0v) is 19.6. The van der Waals surface area contributed by atoms with Crippen LogP contribution in [0.15, 0.2) is 36.5 Å². The monoisotopic (exact) mass is 497 g/mol. The quantitative estimate of drug-likeness (QED) is 0.455. The first-order valence-electron chi connectivity index (χ1n) is 11.0. The SMILES string of the molecule is CCOC(=O)N1CCc2cc(-c3cnc(N)c(-c4nnnn4-c4cccc(F)c4F)c3)sc2CC1. The van der Waals surface area contributed by atoms with Gasteiger partial charge in [0.25, 0.3) is 0 Å². The number of halogens is 2. The highest BCUT2D eigenvalue weighted by atomic mass is 32.1. The summed E-state index contributed by atoms with van der Waals surface area (Å²) in [6, 6.07) is 7.64. The van der Waals surface area contributed by atoms with Crippen molar-refractivity contribution >= 4 is 23.2 Å². The Bertz CT molecular complexity index is 1380. The van der Waals surface area contributed by atoms with Crippen LogP contribution in [0, 0.1) is 11.6 Å². The Morgan fingerprint density at radius 1 is 1.23 bits per heavy atom. The number of carbonyl (C=O) groups is 1. The third-order valence-electron chi connectivity index (χ3n) is 5.76. The summed E-state index contributed by atoms with van der Waals surface area (Å²) in [7, 11) is 0. The molecule has 180 valence electrons. The molecule has 9 nitrogen and oxygen atoms in total. The van der Waals surface area contributed by atoms with E-state index in [1.54, 1.807) is 35.4 Å². The molecule has 0 saturated carbocycles. The molecule has 2 N–H and O–H groups in total. The van der Waals surface area contributed by atoms with Gasteiger partial charge >= 0.3 is 6.09 Å². The van der Waals surface area contributed by atoms with Gasteiger partial charge in [-0.1, -0.05) is 6.07 Å². The molecule has 0 unspecified atom stereocenters. The number of pyridine rings is 1. The number of benzene rings is 1. The highest BCUT2D eigenvalue weighted by Gasteiger charge is 2.23. The van der Waals surface area contributed by atoms with Crippen LogP contribution in [0.4, 0.5) is 19.4 Å². The van der Waals surface area contributed by atoms with Gasteiger partial charge in [-0.05, 0) is 60.0 Å². The van der Waals surface area contributed by atoms with Gasteiger partial charge in [-0.2, -0.15) is 4.68 Å². The maximum Gasteiger partial charge on any atom is 0.409 e. The van der Waals surface area contributed by atoms with Crippen LogP contribution in [0.5, 0.6) is 0 Å². The number of hydrogen-bond acceptors (Lipinski definition) is 8. The molecule has 0 bridgehead atoms. The lowest BCUT2D eigenvalue weighted by atomic mass is 10.1. The van der Waals surface area contributed by atoms with Gasteiger partial charge in [-0.3, -0.25) is 0 Å². The van der Waals surface area contributed by atoms with Crippen LogP contribution in [0.3, 0.4) is 0 Å². The molecular weight excluding hydrogens is 476 g/mol. The maximum atomic E-state index is 14.4. The van der Waals surface area contributed by atoms with Crippen LogP contribution in [0.25, 0.3) is 27.5 Å². The van der Waals surface area contributed by atoms with E-state index in [2.05, 4.69) is 26.6 Å². The summed E-state index contributed by atoms with van der Waals surface area (Å²) >= 11 is 1.62. The third-order valence-corrected chi connectivity index (χ3v) is 7.04. The first kappa shape index (κ1) is 22.8. The lowest BCUT2D eigenvalue weighted by Crippen LogP contribution is -2.33. The average molecular weight is 498 g/mol. The average Bonchev–Trinajstić information content (AvgIpc) is 3.44. The molecule has 0 fully saturated rings. The van der Waals surface area contributed by atoms with E-state index in [1.807, 2.05) is 0 Å². The molecule has 0 atom stereocenters. The minimum absolute atomic E-state index is 0.135. The van der Waals surface area contributed by atoms with Crippen molar-refractivity contribution in [3.8, 4) is 27.5 Å². The lowest BCUT2D eigenvalue weighted by Gasteiger charge is -2.19. The molecule has 4 aromatic rings. The van der Waals surface area contributed by atoms with Crippen LogP contribution >= 0.6 is 11.3 Å². The summed E-state index contributed by atoms with van der Waals surface area (Å²) in [6.07, 6.45) is 2.82.